The van der Waals surface area contributed by atoms with Crippen LogP contribution in [0.4, 0.5) is 0 Å². The Hall–Kier alpha value is -5.32. The second-order valence-corrected chi connectivity index (χ2v) is 12.9. The van der Waals surface area contributed by atoms with Crippen LogP contribution < -0.4 is 0 Å². The lowest BCUT2D eigenvalue weighted by molar-refractivity contribution is 0.636. The van der Waals surface area contributed by atoms with Crippen molar-refractivity contribution in [3.63, 3.8) is 0 Å². The lowest BCUT2D eigenvalue weighted by Gasteiger charge is -2.21. The van der Waals surface area contributed by atoms with E-state index >= 15 is 0 Å². The first-order chi connectivity index (χ1) is 20.6. The van der Waals surface area contributed by atoms with Crippen LogP contribution in [0, 0.1) is 35.8 Å². The minimum atomic E-state index is -0.626. The van der Waals surface area contributed by atoms with Crippen molar-refractivity contribution in [1.29, 1.82) is 10.5 Å². The van der Waals surface area contributed by atoms with E-state index in [1.54, 1.807) is 23.7 Å². The van der Waals surface area contributed by atoms with E-state index in [-0.39, 0.29) is 0 Å². The molecular formula is C34H38N10. The Labute approximate surface area is 260 Å². The Morgan fingerprint density at radius 2 is 1.09 bits per heavy atom. The second kappa shape index (κ2) is 12.9. The van der Waals surface area contributed by atoms with Crippen molar-refractivity contribution in [2.24, 2.45) is 0 Å². The molecule has 0 bridgehead atoms. The minimum Gasteiger partial charge on any atom is -0.316 e. The molecule has 0 saturated carbocycles. The fourth-order valence-corrected chi connectivity index (χ4v) is 4.27. The van der Waals surface area contributed by atoms with Crippen molar-refractivity contribution in [3.8, 4) is 12.1 Å². The van der Waals surface area contributed by atoms with Crippen molar-refractivity contribution < 1.29 is 0 Å². The summed E-state index contributed by atoms with van der Waals surface area (Å²) in [6.07, 6.45) is 6.46. The average Bonchev–Trinajstić information content (AvgIpc) is 3.72. The number of benzene rings is 2. The number of aromatic nitrogens is 6. The first kappa shape index (κ1) is 33.2. The van der Waals surface area contributed by atoms with E-state index in [9.17, 15) is 10.5 Å². The largest absolute Gasteiger partial charge is 0.316 e. The predicted octanol–water partition coefficient (Wildman–Crippen LogP) is 6.56. The highest BCUT2D eigenvalue weighted by atomic mass is 15.3. The fraction of sp³-hybridized carbons (Fsp3) is 0.412. The molecule has 10 nitrogen and oxygen atoms in total. The Kier molecular flexibility index (Phi) is 9.73. The summed E-state index contributed by atoms with van der Waals surface area (Å²) in [5.41, 5.74) is 3.27. The van der Waals surface area contributed by atoms with Crippen LogP contribution in [-0.4, -0.2) is 29.5 Å². The van der Waals surface area contributed by atoms with Crippen molar-refractivity contribution >= 4 is 0 Å². The van der Waals surface area contributed by atoms with Gasteiger partial charge in [0, 0.05) is 38.8 Å². The van der Waals surface area contributed by atoms with Crippen molar-refractivity contribution in [2.45, 2.75) is 90.4 Å². The number of rotatable bonds is 8. The van der Waals surface area contributed by atoms with Crippen molar-refractivity contribution in [2.75, 3.05) is 0 Å². The molecule has 2 heterocycles. The third-order valence-electron chi connectivity index (χ3n) is 7.60. The summed E-state index contributed by atoms with van der Waals surface area (Å²) < 4.78 is 3.60. The van der Waals surface area contributed by atoms with Crippen LogP contribution in [-0.2, 0) is 35.0 Å². The van der Waals surface area contributed by atoms with E-state index in [1.165, 1.54) is 6.33 Å². The highest BCUT2D eigenvalue weighted by molar-refractivity contribution is 5.42. The molecule has 0 aliphatic heterocycles. The molecule has 0 unspecified atom stereocenters. The first-order valence-corrected chi connectivity index (χ1v) is 14.1. The van der Waals surface area contributed by atoms with E-state index < -0.39 is 21.9 Å². The van der Waals surface area contributed by atoms with Gasteiger partial charge in [-0.15, -0.1) is 10.2 Å². The van der Waals surface area contributed by atoms with E-state index in [1.807, 2.05) is 96.4 Å². The molecule has 0 atom stereocenters. The maximum atomic E-state index is 9.41. The van der Waals surface area contributed by atoms with Gasteiger partial charge in [0.05, 0.1) is 36.1 Å². The molecule has 4 rings (SSSR count). The van der Waals surface area contributed by atoms with E-state index in [0.29, 0.717) is 13.1 Å². The predicted molar refractivity (Wildman–Crippen MR) is 168 cm³/mol. The summed E-state index contributed by atoms with van der Waals surface area (Å²) in [5.74, 6) is 0. The zero-order valence-electron chi connectivity index (χ0n) is 26.7. The molecule has 2 aromatic heterocycles. The lowest BCUT2D eigenvalue weighted by atomic mass is 9.81. The summed E-state index contributed by atoms with van der Waals surface area (Å²) in [6, 6.07) is 16.7. The smallest absolute Gasteiger partial charge is 0.252 e. The number of nitriles is 2. The van der Waals surface area contributed by atoms with Gasteiger partial charge in [-0.25, -0.2) is 22.8 Å². The molecule has 0 N–H and O–H groups in total. The molecule has 4 aromatic rings. The van der Waals surface area contributed by atoms with Crippen LogP contribution in [0.1, 0.15) is 88.8 Å². The van der Waals surface area contributed by atoms with Crippen LogP contribution in [0.15, 0.2) is 61.7 Å². The summed E-state index contributed by atoms with van der Waals surface area (Å²) in [4.78, 5) is 11.4. The van der Waals surface area contributed by atoms with E-state index in [4.69, 9.17) is 13.1 Å². The molecule has 224 valence electrons. The molecule has 2 aromatic carbocycles. The van der Waals surface area contributed by atoms with Gasteiger partial charge in [-0.2, -0.15) is 15.6 Å². The molecule has 0 spiro atoms. The van der Waals surface area contributed by atoms with Gasteiger partial charge in [-0.05, 0) is 74.2 Å². The number of nitrogens with zero attached hydrogens (tertiary/aromatic N) is 10. The molecule has 0 radical (unpaired) electrons. The maximum absolute atomic E-state index is 9.41. The van der Waals surface area contributed by atoms with Gasteiger partial charge >= 0.3 is 0 Å². The summed E-state index contributed by atoms with van der Waals surface area (Å²) in [7, 11) is 0. The van der Waals surface area contributed by atoms with Crippen molar-refractivity contribution in [3.05, 3.63) is 118 Å². The molecule has 44 heavy (non-hydrogen) atoms. The topological polar surface area (TPSA) is 118 Å². The fourth-order valence-electron chi connectivity index (χ4n) is 4.27. The van der Waals surface area contributed by atoms with Gasteiger partial charge in [0.1, 0.15) is 25.3 Å². The molecule has 10 heteroatoms. The monoisotopic (exact) mass is 586 g/mol. The Morgan fingerprint density at radius 1 is 0.659 bits per heavy atom. The van der Waals surface area contributed by atoms with Gasteiger partial charge in [-0.1, -0.05) is 12.1 Å². The molecule has 0 fully saturated rings. The Morgan fingerprint density at radius 3 is 1.48 bits per heavy atom. The normalized spacial score (nSPS) is 11.7. The third kappa shape index (κ3) is 7.94. The van der Waals surface area contributed by atoms with Crippen LogP contribution in [0.3, 0.4) is 0 Å². The Balaban J connectivity index is 0.000000240. The molecule has 0 aliphatic rings. The lowest BCUT2D eigenvalue weighted by Crippen LogP contribution is -2.19. The molecule has 0 saturated heterocycles. The van der Waals surface area contributed by atoms with Gasteiger partial charge in [0.15, 0.2) is 0 Å². The van der Waals surface area contributed by atoms with E-state index in [0.717, 1.165) is 33.4 Å². The van der Waals surface area contributed by atoms with Crippen LogP contribution >= 0.6 is 0 Å². The SMILES string of the molecule is [C-]#[N+]C(C)(C)c1cc(Cn2cncn2)cc(C(C)(C)C#N)c1.[C-]#[N+]C(C)(C)c1cc(Cn2cnnc2)cc(C(C)(C)C#N)c1. The Bertz CT molecular complexity index is 1530. The van der Waals surface area contributed by atoms with Crippen LogP contribution in [0.2, 0.25) is 0 Å². The van der Waals surface area contributed by atoms with Gasteiger partial charge < -0.3 is 14.3 Å². The van der Waals surface area contributed by atoms with Crippen LogP contribution in [0.25, 0.3) is 9.69 Å². The summed E-state index contributed by atoms with van der Waals surface area (Å²) in [5, 5.41) is 30.5. The van der Waals surface area contributed by atoms with Gasteiger partial charge in [0.25, 0.3) is 11.1 Å². The van der Waals surface area contributed by atoms with Crippen LogP contribution in [0.5, 0.6) is 0 Å². The molecule has 0 aliphatic carbocycles. The summed E-state index contributed by atoms with van der Waals surface area (Å²) >= 11 is 0. The average molecular weight is 587 g/mol. The standard InChI is InChI=1S/2C17H19N5/c1-16(2,10-18)14-6-13(9-22-11-20-21-12-22)7-15(8-14)17(3,4)19-5;1-16(2,10-18)14-6-13(9-22-12-20-11-21-22)7-15(8-14)17(3,4)19-5/h2*6-8,11-12H,9H2,1-4H3. The maximum Gasteiger partial charge on any atom is 0.252 e. The second-order valence-electron chi connectivity index (χ2n) is 12.9. The van der Waals surface area contributed by atoms with Gasteiger partial charge in [-0.3, -0.25) is 0 Å². The number of hydrogen-bond donors (Lipinski definition) is 0. The molecule has 0 amide bonds. The van der Waals surface area contributed by atoms with Gasteiger partial charge in [0.2, 0.25) is 0 Å². The van der Waals surface area contributed by atoms with E-state index in [2.05, 4.69) is 42.1 Å². The zero-order valence-corrected chi connectivity index (χ0v) is 26.7. The highest BCUT2D eigenvalue weighted by Crippen LogP contribution is 2.33. The minimum absolute atomic E-state index is 0.566. The highest BCUT2D eigenvalue weighted by Gasteiger charge is 2.31. The quantitative estimate of drug-likeness (QED) is 0.216. The van der Waals surface area contributed by atoms with Crippen molar-refractivity contribution in [1.82, 2.24) is 29.5 Å². The third-order valence-corrected chi connectivity index (χ3v) is 7.60. The number of hydrogen-bond acceptors (Lipinski definition) is 6. The summed E-state index contributed by atoms with van der Waals surface area (Å²) in [6.45, 7) is 31.1. The molecular weight excluding hydrogens is 548 g/mol. The first-order valence-electron chi connectivity index (χ1n) is 14.1. The zero-order chi connectivity index (χ0) is 32.8.